The lowest BCUT2D eigenvalue weighted by atomic mass is 9.89. The molecule has 1 heterocycles. The number of nitrogens with zero attached hydrogens (tertiary/aromatic N) is 2. The molecule has 2 aliphatic carbocycles. The van der Waals surface area contributed by atoms with Crippen molar-refractivity contribution in [1.29, 1.82) is 0 Å². The van der Waals surface area contributed by atoms with Gasteiger partial charge in [-0.3, -0.25) is 9.78 Å². The van der Waals surface area contributed by atoms with Crippen LogP contribution in [-0.4, -0.2) is 54.7 Å². The highest BCUT2D eigenvalue weighted by atomic mass is 19.4. The monoisotopic (exact) mass is 650 g/mol. The Labute approximate surface area is 275 Å². The Morgan fingerprint density at radius 2 is 1.43 bits per heavy atom. The first-order valence-electron chi connectivity index (χ1n) is 16.6. The molecule has 0 spiro atoms. The van der Waals surface area contributed by atoms with Crippen LogP contribution in [0.5, 0.6) is 5.75 Å². The first-order chi connectivity index (χ1) is 22.0. The number of amides is 1. The standard InChI is InChI=1S/C13H19NO.C13H25NO.C9H9F3.2CH2O/c1-10-3-5-12(6-4-10)15-13-7-8-14-11(2)9-13;1-3-9-14(10-4-2)13(15)11-12-7-5-6-8-12;1-7-2-4-8(5-3-7)6-9(10,11)12;2*1-2/h7-10,12H,3-6H2,1-2H3;12H,3-11H2,1-2H3;2-5H,6H2,1H3;2*1H2. The van der Waals surface area contributed by atoms with Gasteiger partial charge in [0.1, 0.15) is 19.3 Å². The fraction of sp³-hybridized carbons (Fsp3) is 0.622. The van der Waals surface area contributed by atoms with E-state index in [1.807, 2.05) is 45.8 Å². The third-order valence-corrected chi connectivity index (χ3v) is 7.94. The van der Waals surface area contributed by atoms with E-state index in [1.54, 1.807) is 12.1 Å². The van der Waals surface area contributed by atoms with Crippen LogP contribution >= 0.6 is 0 Å². The van der Waals surface area contributed by atoms with Crippen LogP contribution in [0.25, 0.3) is 0 Å². The lowest BCUT2D eigenvalue weighted by Gasteiger charge is -2.26. The molecule has 2 aromatic rings. The Hall–Kier alpha value is -3.23. The summed E-state index contributed by atoms with van der Waals surface area (Å²) in [7, 11) is 0. The fourth-order valence-corrected chi connectivity index (χ4v) is 5.56. The molecule has 9 heteroatoms. The molecule has 2 aliphatic rings. The highest BCUT2D eigenvalue weighted by molar-refractivity contribution is 5.76. The average Bonchev–Trinajstić information content (AvgIpc) is 3.54. The summed E-state index contributed by atoms with van der Waals surface area (Å²) in [4.78, 5) is 34.2. The molecule has 2 fully saturated rings. The van der Waals surface area contributed by atoms with Crippen molar-refractivity contribution in [2.45, 2.75) is 124 Å². The SMILES string of the molecule is C=O.C=O.CCCN(CCC)C(=O)CC1CCCC1.Cc1cc(OC2CCC(C)CC2)ccn1.Cc1ccc(CC(F)(F)F)cc1. The number of carbonyl (C=O) groups excluding carboxylic acids is 3. The molecule has 1 amide bonds. The Morgan fingerprint density at radius 3 is 1.91 bits per heavy atom. The normalized spacial score (nSPS) is 17.3. The van der Waals surface area contributed by atoms with Crippen LogP contribution < -0.4 is 4.74 Å². The summed E-state index contributed by atoms with van der Waals surface area (Å²) in [6.45, 7) is 16.3. The molecule has 0 unspecified atom stereocenters. The zero-order valence-corrected chi connectivity index (χ0v) is 28.7. The number of alkyl halides is 3. The molecule has 1 aromatic carbocycles. The smallest absolute Gasteiger partial charge is 0.393 e. The summed E-state index contributed by atoms with van der Waals surface area (Å²) in [5, 5.41) is 0. The van der Waals surface area contributed by atoms with Crippen molar-refractivity contribution >= 4 is 19.5 Å². The summed E-state index contributed by atoms with van der Waals surface area (Å²) >= 11 is 0. The number of benzene rings is 1. The molecule has 0 atom stereocenters. The lowest BCUT2D eigenvalue weighted by Crippen LogP contribution is -2.33. The Morgan fingerprint density at radius 1 is 0.891 bits per heavy atom. The van der Waals surface area contributed by atoms with Gasteiger partial charge < -0.3 is 19.2 Å². The predicted octanol–water partition coefficient (Wildman–Crippen LogP) is 9.29. The second-order valence-electron chi connectivity index (χ2n) is 12.1. The van der Waals surface area contributed by atoms with E-state index in [1.165, 1.54) is 63.5 Å². The summed E-state index contributed by atoms with van der Waals surface area (Å²) in [5.74, 6) is 2.94. The number of hydrogen-bond acceptors (Lipinski definition) is 5. The summed E-state index contributed by atoms with van der Waals surface area (Å²) in [6, 6.07) is 10.3. The van der Waals surface area contributed by atoms with Crippen LogP contribution in [0.1, 0.15) is 108 Å². The third kappa shape index (κ3) is 20.0. The predicted molar refractivity (Wildman–Crippen MR) is 180 cm³/mol. The molecule has 260 valence electrons. The van der Waals surface area contributed by atoms with Crippen molar-refractivity contribution in [3.05, 3.63) is 59.4 Å². The maximum absolute atomic E-state index is 12.0. The van der Waals surface area contributed by atoms with Gasteiger partial charge in [-0.25, -0.2) is 0 Å². The molecule has 2 saturated carbocycles. The van der Waals surface area contributed by atoms with Crippen molar-refractivity contribution in [3.8, 4) is 5.75 Å². The highest BCUT2D eigenvalue weighted by Gasteiger charge is 2.27. The minimum absolute atomic E-state index is 0.313. The van der Waals surface area contributed by atoms with E-state index in [-0.39, 0.29) is 0 Å². The number of hydrogen-bond donors (Lipinski definition) is 0. The number of aryl methyl sites for hydroxylation is 2. The van der Waals surface area contributed by atoms with E-state index in [4.69, 9.17) is 14.3 Å². The number of carbonyl (C=O) groups is 3. The third-order valence-electron chi connectivity index (χ3n) is 7.94. The minimum atomic E-state index is -4.10. The van der Waals surface area contributed by atoms with E-state index in [0.717, 1.165) is 55.3 Å². The van der Waals surface area contributed by atoms with Crippen LogP contribution in [0, 0.1) is 25.7 Å². The molecule has 0 aliphatic heterocycles. The van der Waals surface area contributed by atoms with Crippen LogP contribution in [0.4, 0.5) is 13.2 Å². The molecular weight excluding hydrogens is 593 g/mol. The van der Waals surface area contributed by atoms with Gasteiger partial charge in [-0.05, 0) is 88.7 Å². The van der Waals surface area contributed by atoms with Gasteiger partial charge in [0.15, 0.2) is 0 Å². The first kappa shape index (κ1) is 42.8. The van der Waals surface area contributed by atoms with Gasteiger partial charge in [-0.2, -0.15) is 13.2 Å². The lowest BCUT2D eigenvalue weighted by molar-refractivity contribution is -0.132. The quantitative estimate of drug-likeness (QED) is 0.270. The van der Waals surface area contributed by atoms with Gasteiger partial charge in [-0.15, -0.1) is 0 Å². The largest absolute Gasteiger partial charge is 0.490 e. The zero-order chi connectivity index (χ0) is 35.0. The molecule has 1 aromatic heterocycles. The number of aromatic nitrogens is 1. The van der Waals surface area contributed by atoms with Crippen molar-refractivity contribution in [2.75, 3.05) is 13.1 Å². The topological polar surface area (TPSA) is 76.6 Å². The Balaban J connectivity index is 0.000000629. The number of halogens is 3. The van der Waals surface area contributed by atoms with Crippen molar-refractivity contribution < 1.29 is 32.3 Å². The maximum atomic E-state index is 12.0. The average molecular weight is 651 g/mol. The second-order valence-corrected chi connectivity index (χ2v) is 12.1. The molecule has 0 N–H and O–H groups in total. The molecule has 0 radical (unpaired) electrons. The van der Waals surface area contributed by atoms with Crippen LogP contribution in [0.15, 0.2) is 42.6 Å². The number of pyridine rings is 1. The zero-order valence-electron chi connectivity index (χ0n) is 28.7. The van der Waals surface area contributed by atoms with Gasteiger partial charge in [0.2, 0.25) is 5.91 Å². The molecular formula is C37H57F3N2O4. The van der Waals surface area contributed by atoms with Crippen LogP contribution in [-0.2, 0) is 20.8 Å². The first-order valence-corrected chi connectivity index (χ1v) is 16.6. The summed E-state index contributed by atoms with van der Waals surface area (Å²) in [5.41, 5.74) is 2.31. The molecule has 46 heavy (non-hydrogen) atoms. The second kappa shape index (κ2) is 24.9. The van der Waals surface area contributed by atoms with Crippen LogP contribution in [0.2, 0.25) is 0 Å². The molecule has 4 rings (SSSR count). The number of rotatable bonds is 9. The minimum Gasteiger partial charge on any atom is -0.490 e. The maximum Gasteiger partial charge on any atom is 0.393 e. The van der Waals surface area contributed by atoms with E-state index in [2.05, 4.69) is 30.7 Å². The van der Waals surface area contributed by atoms with E-state index >= 15 is 0 Å². The van der Waals surface area contributed by atoms with Gasteiger partial charge in [-0.1, -0.05) is 63.4 Å². The van der Waals surface area contributed by atoms with Gasteiger partial charge >= 0.3 is 6.18 Å². The molecule has 6 nitrogen and oxygen atoms in total. The van der Waals surface area contributed by atoms with E-state index < -0.39 is 12.6 Å². The van der Waals surface area contributed by atoms with Gasteiger partial charge in [0.05, 0.1) is 12.5 Å². The van der Waals surface area contributed by atoms with Crippen molar-refractivity contribution in [1.82, 2.24) is 9.88 Å². The summed E-state index contributed by atoms with van der Waals surface area (Å²) < 4.78 is 41.5. The fourth-order valence-electron chi connectivity index (χ4n) is 5.56. The highest BCUT2D eigenvalue weighted by Crippen LogP contribution is 2.28. The molecule has 0 bridgehead atoms. The summed E-state index contributed by atoms with van der Waals surface area (Å²) in [6.07, 6.45) is 10.5. The van der Waals surface area contributed by atoms with Gasteiger partial charge in [0.25, 0.3) is 0 Å². The van der Waals surface area contributed by atoms with Crippen LogP contribution in [0.3, 0.4) is 0 Å². The van der Waals surface area contributed by atoms with E-state index in [9.17, 15) is 18.0 Å². The van der Waals surface area contributed by atoms with E-state index in [0.29, 0.717) is 23.5 Å². The molecule has 0 saturated heterocycles. The number of ether oxygens (including phenoxy) is 1. The van der Waals surface area contributed by atoms with Gasteiger partial charge in [0, 0.05) is 37.5 Å². The Bertz CT molecular complexity index is 1040. The van der Waals surface area contributed by atoms with Crippen molar-refractivity contribution in [3.63, 3.8) is 0 Å². The van der Waals surface area contributed by atoms with Crippen molar-refractivity contribution in [2.24, 2.45) is 11.8 Å². The Kier molecular flexibility index (Phi) is 23.2.